The van der Waals surface area contributed by atoms with Gasteiger partial charge in [0.25, 0.3) is 17.7 Å². The second-order valence-corrected chi connectivity index (χ2v) is 39.0. The number of anilines is 3. The number of methoxy groups -OCH3 is 1. The van der Waals surface area contributed by atoms with Crippen LogP contribution in [0.15, 0.2) is 97.2 Å². The van der Waals surface area contributed by atoms with E-state index >= 15 is 0 Å². The molecule has 4 bridgehead atoms. The van der Waals surface area contributed by atoms with E-state index in [1.807, 2.05) is 65.0 Å². The topological polar surface area (TPSA) is 484 Å². The number of nitrogens with one attached hydrogen (secondary N) is 8. The number of rotatable bonds is 69. The van der Waals surface area contributed by atoms with Crippen LogP contribution < -0.4 is 47.4 Å². The minimum absolute atomic E-state index is 0.0106. The number of imide groups is 1. The van der Waals surface area contributed by atoms with Crippen LogP contribution in [0.4, 0.5) is 21.4 Å². The second kappa shape index (κ2) is 57.7. The summed E-state index contributed by atoms with van der Waals surface area (Å²) >= 11 is 1.41. The van der Waals surface area contributed by atoms with Crippen LogP contribution in [0.25, 0.3) is 21.3 Å². The first-order valence-electron chi connectivity index (χ1n) is 49.6. The number of carboxylic acid groups (broad SMARTS) is 1. The van der Waals surface area contributed by atoms with Gasteiger partial charge in [0, 0.05) is 93.0 Å². The van der Waals surface area contributed by atoms with Gasteiger partial charge < -0.3 is 114 Å². The van der Waals surface area contributed by atoms with Gasteiger partial charge in [0.2, 0.25) is 35.4 Å². The summed E-state index contributed by atoms with van der Waals surface area (Å²) in [6.45, 7) is 24.5. The first kappa shape index (κ1) is 112. The Balaban J connectivity index is 0.537. The van der Waals surface area contributed by atoms with Crippen molar-refractivity contribution in [3.8, 4) is 11.1 Å². The quantitative estimate of drug-likeness (QED) is 0.0127. The smallest absolute Gasteiger partial charge is 0.407 e. The number of unbranched alkanes of at least 4 members (excludes halogenated alkanes) is 3. The highest BCUT2D eigenvalue weighted by Crippen LogP contribution is 2.72. The summed E-state index contributed by atoms with van der Waals surface area (Å²) in [4.78, 5) is 158. The van der Waals surface area contributed by atoms with E-state index < -0.39 is 89.1 Å². The number of hydrogen-bond donors (Lipinski definition) is 9. The largest absolute Gasteiger partial charge is 0.476 e. The molecule has 4 saturated carbocycles. The van der Waals surface area contributed by atoms with Crippen molar-refractivity contribution in [2.45, 2.75) is 188 Å². The number of aromatic carboxylic acids is 1. The third-order valence-electron chi connectivity index (χ3n) is 25.6. The molecule has 6 aromatic rings. The Bertz CT molecular complexity index is 5100. The molecule has 0 radical (unpaired) electrons. The maximum Gasteiger partial charge on any atom is 0.407 e. The van der Waals surface area contributed by atoms with Gasteiger partial charge in [-0.25, -0.2) is 19.6 Å². The van der Waals surface area contributed by atoms with Crippen LogP contribution in [-0.4, -0.2) is 317 Å². The maximum atomic E-state index is 14.0. The summed E-state index contributed by atoms with van der Waals surface area (Å²) in [6.07, 6.45) is 12.0. The predicted octanol–water partition coefficient (Wildman–Crippen LogP) is 8.61. The average Bonchev–Trinajstić information content (AvgIpc) is 1.14. The van der Waals surface area contributed by atoms with E-state index in [1.54, 1.807) is 57.5 Å². The third kappa shape index (κ3) is 36.1. The summed E-state index contributed by atoms with van der Waals surface area (Å²) < 4.78 is 80.9. The first-order chi connectivity index (χ1) is 69.0. The number of fused-ring (bicyclic) bond motifs is 2. The van der Waals surface area contributed by atoms with E-state index in [0.717, 1.165) is 70.5 Å². The SMILES string of the molecule is COCCOCCOCCOCCOCCOCCOCCOCCOCCOCCOCCOCC(=O)NCCCC[C@H](NC(=O)CCCCCN1C(=O)C=CC1=O)C(=O)N[C@@H](C)C(=O)N[C@H](C(=O)N[C@@H](C)C(=O)Nc1ccc(COC(=O)NCCOC23CC4(C)CC(C)(CC(Cn5ncc(-c6ccc(N7CCc8cccc(C(=O)Nc9nc%10ccccc%10s9)c8C7)nc6C(=O)O)c5C)(C4)C2)C3)cc1)C(C)C. The lowest BCUT2D eigenvalue weighted by atomic mass is 9.39. The maximum absolute atomic E-state index is 14.0. The molecule has 4 fully saturated rings. The van der Waals surface area contributed by atoms with Crippen molar-refractivity contribution >= 4 is 103 Å². The number of carbonyl (C=O) groups is 11. The molecule has 6 atom stereocenters. The fourth-order valence-electron chi connectivity index (χ4n) is 19.7. The highest BCUT2D eigenvalue weighted by molar-refractivity contribution is 7.22. The molecule has 784 valence electrons. The van der Waals surface area contributed by atoms with Crippen molar-refractivity contribution in [2.24, 2.45) is 22.2 Å². The molecule has 10 amide bonds. The molecule has 4 aliphatic carbocycles. The third-order valence-corrected chi connectivity index (χ3v) is 26.5. The van der Waals surface area contributed by atoms with Crippen LogP contribution in [0.2, 0.25) is 0 Å². The number of ether oxygens (including phenoxy) is 14. The number of para-hydroxylation sites is 1. The van der Waals surface area contributed by atoms with Crippen molar-refractivity contribution in [3.63, 3.8) is 0 Å². The molecule has 5 heterocycles. The highest BCUT2D eigenvalue weighted by Gasteiger charge is 2.66. The van der Waals surface area contributed by atoms with Crippen LogP contribution in [0.5, 0.6) is 0 Å². The lowest BCUT2D eigenvalue weighted by Crippen LogP contribution is -2.64. The summed E-state index contributed by atoms with van der Waals surface area (Å²) in [5.41, 5.74) is 5.48. The van der Waals surface area contributed by atoms with E-state index in [2.05, 4.69) is 61.4 Å². The lowest BCUT2D eigenvalue weighted by molar-refractivity contribution is -0.247. The van der Waals surface area contributed by atoms with Gasteiger partial charge in [-0.2, -0.15) is 5.10 Å². The Morgan fingerprint density at radius 2 is 1.13 bits per heavy atom. The molecule has 12 rings (SSSR count). The van der Waals surface area contributed by atoms with Gasteiger partial charge in [-0.15, -0.1) is 0 Å². The highest BCUT2D eigenvalue weighted by atomic mass is 32.1. The number of hydrogen-bond acceptors (Lipinski definition) is 30. The van der Waals surface area contributed by atoms with Gasteiger partial charge in [0.15, 0.2) is 10.8 Å². The molecule has 6 aliphatic rings. The Labute approximate surface area is 839 Å². The first-order valence-corrected chi connectivity index (χ1v) is 50.4. The van der Waals surface area contributed by atoms with Crippen molar-refractivity contribution in [1.82, 2.24) is 56.5 Å². The Morgan fingerprint density at radius 3 is 1.72 bits per heavy atom. The van der Waals surface area contributed by atoms with Crippen LogP contribution in [-0.2, 0) is 131 Å². The van der Waals surface area contributed by atoms with Gasteiger partial charge >= 0.3 is 12.1 Å². The van der Waals surface area contributed by atoms with Crippen molar-refractivity contribution in [1.29, 1.82) is 0 Å². The predicted molar refractivity (Wildman–Crippen MR) is 530 cm³/mol. The van der Waals surface area contributed by atoms with E-state index in [0.29, 0.717) is 229 Å². The number of amides is 10. The number of alkyl carbamates (subject to hydrolysis) is 1. The summed E-state index contributed by atoms with van der Waals surface area (Å²) in [5, 5.41) is 38.5. The molecule has 0 saturated heterocycles. The lowest BCUT2D eigenvalue weighted by Gasteiger charge is -2.69. The van der Waals surface area contributed by atoms with Crippen molar-refractivity contribution in [2.75, 3.05) is 207 Å². The molecule has 2 aliphatic heterocycles. The molecular weight excluding hydrogens is 1870 g/mol. The minimum Gasteiger partial charge on any atom is -0.476 e. The molecule has 3 aromatic heterocycles. The Kier molecular flexibility index (Phi) is 45.4. The van der Waals surface area contributed by atoms with E-state index in [9.17, 15) is 57.8 Å². The molecule has 2 unspecified atom stereocenters. The van der Waals surface area contributed by atoms with E-state index in [-0.39, 0.29) is 99.3 Å². The molecule has 0 spiro atoms. The molecule has 3 aromatic carbocycles. The van der Waals surface area contributed by atoms with E-state index in [4.69, 9.17) is 76.4 Å². The monoisotopic (exact) mass is 2010 g/mol. The number of benzene rings is 3. The molecule has 9 N–H and O–H groups in total. The van der Waals surface area contributed by atoms with Crippen LogP contribution >= 0.6 is 11.3 Å². The molecule has 40 nitrogen and oxygen atoms in total. The number of carboxylic acids is 1. The summed E-state index contributed by atoms with van der Waals surface area (Å²) in [6, 6.07) is 19.2. The summed E-state index contributed by atoms with van der Waals surface area (Å²) in [5.74, 6) is -5.65. The molecular formula is C102H144N14O26S. The van der Waals surface area contributed by atoms with Gasteiger partial charge in [-0.3, -0.25) is 58.0 Å². The minimum atomic E-state index is -1.20. The Hall–Kier alpha value is -10.9. The van der Waals surface area contributed by atoms with Crippen LogP contribution in [0.3, 0.4) is 0 Å². The molecule has 143 heavy (non-hydrogen) atoms. The van der Waals surface area contributed by atoms with Gasteiger partial charge in [-0.1, -0.05) is 81.9 Å². The number of thiazole rings is 1. The number of nitrogens with zero attached hydrogens (tertiary/aromatic N) is 6. The van der Waals surface area contributed by atoms with Gasteiger partial charge in [0.1, 0.15) is 43.2 Å². The fourth-order valence-corrected chi connectivity index (χ4v) is 20.6. The van der Waals surface area contributed by atoms with Gasteiger partial charge in [0.05, 0.1) is 174 Å². The normalized spacial score (nSPS) is 18.7. The number of carbonyl (C=O) groups excluding carboxylic acids is 10. The van der Waals surface area contributed by atoms with E-state index in [1.165, 1.54) is 37.3 Å². The number of aromatic nitrogens is 4. The molecule has 41 heteroatoms. The van der Waals surface area contributed by atoms with Crippen LogP contribution in [0.1, 0.15) is 168 Å². The summed E-state index contributed by atoms with van der Waals surface area (Å²) in [7, 11) is 1.63. The number of pyridine rings is 1. The van der Waals surface area contributed by atoms with Crippen molar-refractivity contribution in [3.05, 3.63) is 131 Å². The van der Waals surface area contributed by atoms with Crippen LogP contribution in [0, 0.1) is 29.1 Å². The fraction of sp³-hybridized carbons (Fsp3) is 0.608. The zero-order valence-corrected chi connectivity index (χ0v) is 84.5. The standard InChI is InChI=1S/C102H144N14O26S/c1-70(2)89(112-92(122)72(4)106-94(124)82(109-85(117)22-10-9-15-34-115-87(119)29-30-88(115)120)20-13-14-32-103-86(118)62-140-58-57-139-56-55-138-54-53-137-52-51-136-50-49-135-48-47-134-46-45-133-44-43-132-42-41-131-40-39-130-38-37-129-8)95(125)107-71(3)91(121)108-76-25-23-74(24-26-76)61-141-98(128)104-33-36-142-102-66-99(6)63-100(7,67-102)65-101(64-99,68-102)69-116-73(5)79(59-105-116)77-27-28-84(111-90(77)96(126)127)114-35-31-75-17-16-18-78(80(75)60-114)93(123)113-97-110-81-19-11-12-21-83(81)143-97/h11-12,16-19,21,23-30,59,70-72,82,89H,9-10,13-15,20,22,31-58,60-69H2,1-8H3,(H,103,118)(H,104,128)(H,106,124)(H,107,125)(H,108,121)(H,109,117)(H,112,122)(H,126,127)(H,110,113,123)/t71-,72-,82-,89-,99?,100?,101?,102?/m0/s1. The van der Waals surface area contributed by atoms with Crippen molar-refractivity contribution < 1.29 is 124 Å². The zero-order valence-electron chi connectivity index (χ0n) is 83.7. The zero-order chi connectivity index (χ0) is 102. The van der Waals surface area contributed by atoms with Gasteiger partial charge in [-0.05, 0) is 179 Å². The second-order valence-electron chi connectivity index (χ2n) is 37.9. The average molecular weight is 2010 g/mol. The Morgan fingerprint density at radius 1 is 0.538 bits per heavy atom.